The summed E-state index contributed by atoms with van der Waals surface area (Å²) in [5.74, 6) is -0.286. The standard InChI is InChI=1S/C18H19N3O3S2/c1-10-11(2)26-17(15(10)16(19)23)21-18(25)20-14(22)9-8-12-6-4-5-7-13(12)24-3/h4-9H,1-3H3,(H2,19,23)(H2,20,21,22,25)/b9-8+. The van der Waals surface area contributed by atoms with E-state index < -0.39 is 11.8 Å². The van der Waals surface area contributed by atoms with E-state index in [-0.39, 0.29) is 5.11 Å². The van der Waals surface area contributed by atoms with Gasteiger partial charge in [0.25, 0.3) is 5.91 Å². The summed E-state index contributed by atoms with van der Waals surface area (Å²) >= 11 is 6.50. The van der Waals surface area contributed by atoms with Crippen LogP contribution in [0, 0.1) is 13.8 Å². The molecule has 0 unspecified atom stereocenters. The highest BCUT2D eigenvalue weighted by Gasteiger charge is 2.18. The second-order valence-electron chi connectivity index (χ2n) is 5.37. The van der Waals surface area contributed by atoms with Crippen molar-refractivity contribution in [1.29, 1.82) is 0 Å². The van der Waals surface area contributed by atoms with E-state index in [0.717, 1.165) is 16.0 Å². The molecule has 0 aliphatic heterocycles. The minimum atomic E-state index is -0.542. The van der Waals surface area contributed by atoms with Crippen molar-refractivity contribution >= 4 is 51.6 Å². The molecule has 0 saturated heterocycles. The Balaban J connectivity index is 2.04. The highest BCUT2D eigenvalue weighted by atomic mass is 32.1. The Morgan fingerprint density at radius 1 is 1.27 bits per heavy atom. The molecule has 8 heteroatoms. The Hall–Kier alpha value is -2.71. The molecule has 2 aromatic rings. The number of thiocarbonyl (C=S) groups is 1. The Labute approximate surface area is 161 Å². The summed E-state index contributed by atoms with van der Waals surface area (Å²) in [6, 6.07) is 7.32. The zero-order chi connectivity index (χ0) is 19.3. The minimum absolute atomic E-state index is 0.0865. The molecule has 0 aliphatic rings. The Bertz CT molecular complexity index is 888. The lowest BCUT2D eigenvalue weighted by molar-refractivity contribution is -0.115. The highest BCUT2D eigenvalue weighted by molar-refractivity contribution is 7.80. The summed E-state index contributed by atoms with van der Waals surface area (Å²) in [4.78, 5) is 24.6. The SMILES string of the molecule is COc1ccccc1/C=C/C(=O)NC(=S)Nc1sc(C)c(C)c1C(N)=O. The summed E-state index contributed by atoms with van der Waals surface area (Å²) in [5, 5.41) is 6.01. The van der Waals surface area contributed by atoms with Gasteiger partial charge < -0.3 is 15.8 Å². The van der Waals surface area contributed by atoms with Gasteiger partial charge in [-0.1, -0.05) is 18.2 Å². The van der Waals surface area contributed by atoms with Crippen LogP contribution in [0.3, 0.4) is 0 Å². The number of rotatable bonds is 5. The van der Waals surface area contributed by atoms with E-state index >= 15 is 0 Å². The first kappa shape index (κ1) is 19.6. The van der Waals surface area contributed by atoms with Crippen LogP contribution in [0.25, 0.3) is 6.08 Å². The van der Waals surface area contributed by atoms with E-state index in [0.29, 0.717) is 16.3 Å². The first-order valence-electron chi connectivity index (χ1n) is 7.66. The molecule has 4 N–H and O–H groups in total. The molecule has 0 atom stereocenters. The number of primary amides is 1. The van der Waals surface area contributed by atoms with Crippen LogP contribution in [0.2, 0.25) is 0 Å². The molecule has 0 fully saturated rings. The molecule has 0 spiro atoms. The fourth-order valence-electron chi connectivity index (χ4n) is 2.27. The summed E-state index contributed by atoms with van der Waals surface area (Å²) in [6.45, 7) is 3.70. The van der Waals surface area contributed by atoms with Crippen molar-refractivity contribution in [3.05, 3.63) is 51.9 Å². The number of benzene rings is 1. The topological polar surface area (TPSA) is 93.4 Å². The number of nitrogens with two attached hydrogens (primary N) is 1. The van der Waals surface area contributed by atoms with Crippen molar-refractivity contribution in [2.24, 2.45) is 5.73 Å². The lowest BCUT2D eigenvalue weighted by Crippen LogP contribution is -2.33. The number of para-hydroxylation sites is 1. The number of hydrogen-bond donors (Lipinski definition) is 3. The lowest BCUT2D eigenvalue weighted by Gasteiger charge is -2.08. The molecule has 0 aliphatic carbocycles. The number of anilines is 1. The highest BCUT2D eigenvalue weighted by Crippen LogP contribution is 2.31. The predicted molar refractivity (Wildman–Crippen MR) is 109 cm³/mol. The van der Waals surface area contributed by atoms with Gasteiger partial charge in [-0.05, 0) is 43.8 Å². The van der Waals surface area contributed by atoms with Gasteiger partial charge in [-0.2, -0.15) is 0 Å². The Morgan fingerprint density at radius 3 is 2.62 bits per heavy atom. The fourth-order valence-corrected chi connectivity index (χ4v) is 3.61. The first-order valence-corrected chi connectivity index (χ1v) is 8.88. The maximum Gasteiger partial charge on any atom is 0.251 e. The second-order valence-corrected chi connectivity index (χ2v) is 7.00. The van der Waals surface area contributed by atoms with Crippen molar-refractivity contribution in [2.75, 3.05) is 12.4 Å². The van der Waals surface area contributed by atoms with Gasteiger partial charge in [-0.3, -0.25) is 14.9 Å². The summed E-state index contributed by atoms with van der Waals surface area (Å²) in [6.07, 6.45) is 2.98. The van der Waals surface area contributed by atoms with E-state index in [1.165, 1.54) is 17.4 Å². The molecule has 0 saturated carbocycles. The first-order chi connectivity index (χ1) is 12.3. The second kappa shape index (κ2) is 8.59. The minimum Gasteiger partial charge on any atom is -0.496 e. The molecule has 2 rings (SSSR count). The van der Waals surface area contributed by atoms with Crippen LogP contribution < -0.4 is 21.1 Å². The quantitative estimate of drug-likeness (QED) is 0.540. The molecule has 2 amide bonds. The molecule has 0 radical (unpaired) electrons. The Morgan fingerprint density at radius 2 is 1.96 bits per heavy atom. The molecule has 26 heavy (non-hydrogen) atoms. The van der Waals surface area contributed by atoms with E-state index in [4.69, 9.17) is 22.7 Å². The van der Waals surface area contributed by atoms with Crippen LogP contribution in [0.4, 0.5) is 5.00 Å². The molecule has 6 nitrogen and oxygen atoms in total. The van der Waals surface area contributed by atoms with Gasteiger partial charge in [0.2, 0.25) is 5.91 Å². The van der Waals surface area contributed by atoms with Gasteiger partial charge in [0.05, 0.1) is 12.7 Å². The van der Waals surface area contributed by atoms with Crippen LogP contribution in [0.5, 0.6) is 5.75 Å². The van der Waals surface area contributed by atoms with Gasteiger partial charge in [0.1, 0.15) is 10.8 Å². The van der Waals surface area contributed by atoms with Crippen molar-refractivity contribution in [3.63, 3.8) is 0 Å². The average molecular weight is 390 g/mol. The van der Waals surface area contributed by atoms with Crippen molar-refractivity contribution in [2.45, 2.75) is 13.8 Å². The fraction of sp³-hybridized carbons (Fsp3) is 0.167. The van der Waals surface area contributed by atoms with Gasteiger partial charge in [-0.15, -0.1) is 11.3 Å². The van der Waals surface area contributed by atoms with E-state index in [1.807, 2.05) is 32.0 Å². The number of methoxy groups -OCH3 is 1. The lowest BCUT2D eigenvalue weighted by atomic mass is 10.1. The zero-order valence-electron chi connectivity index (χ0n) is 14.6. The molecular formula is C18H19N3O3S2. The molecule has 1 aromatic heterocycles. The summed E-state index contributed by atoms with van der Waals surface area (Å²) < 4.78 is 5.22. The number of aryl methyl sites for hydroxylation is 1. The smallest absolute Gasteiger partial charge is 0.251 e. The Kier molecular flexibility index (Phi) is 6.48. The molecule has 1 heterocycles. The third kappa shape index (κ3) is 4.68. The summed E-state index contributed by atoms with van der Waals surface area (Å²) in [5.41, 5.74) is 7.37. The molecule has 1 aromatic carbocycles. The largest absolute Gasteiger partial charge is 0.496 e. The number of carbonyl (C=O) groups is 2. The van der Waals surface area contributed by atoms with Gasteiger partial charge in [-0.25, -0.2) is 0 Å². The van der Waals surface area contributed by atoms with Crippen molar-refractivity contribution < 1.29 is 14.3 Å². The van der Waals surface area contributed by atoms with Crippen LogP contribution >= 0.6 is 23.6 Å². The average Bonchev–Trinajstić information content (AvgIpc) is 2.86. The van der Waals surface area contributed by atoms with Crippen LogP contribution in [0.1, 0.15) is 26.4 Å². The van der Waals surface area contributed by atoms with Crippen molar-refractivity contribution in [1.82, 2.24) is 5.32 Å². The predicted octanol–water partition coefficient (Wildman–Crippen LogP) is 3.00. The van der Waals surface area contributed by atoms with Crippen LogP contribution in [-0.2, 0) is 4.79 Å². The number of amides is 2. The van der Waals surface area contributed by atoms with Crippen LogP contribution in [0.15, 0.2) is 30.3 Å². The van der Waals surface area contributed by atoms with E-state index in [2.05, 4.69) is 10.6 Å². The molecule has 136 valence electrons. The number of carbonyl (C=O) groups excluding carboxylic acids is 2. The van der Waals surface area contributed by atoms with E-state index in [9.17, 15) is 9.59 Å². The maximum atomic E-state index is 12.1. The van der Waals surface area contributed by atoms with Gasteiger partial charge in [0.15, 0.2) is 5.11 Å². The van der Waals surface area contributed by atoms with Gasteiger partial charge >= 0.3 is 0 Å². The number of hydrogen-bond acceptors (Lipinski definition) is 5. The van der Waals surface area contributed by atoms with Crippen LogP contribution in [-0.4, -0.2) is 24.0 Å². The van der Waals surface area contributed by atoms with Gasteiger partial charge in [0, 0.05) is 16.5 Å². The molecular weight excluding hydrogens is 370 g/mol. The van der Waals surface area contributed by atoms with E-state index in [1.54, 1.807) is 19.3 Å². The normalized spacial score (nSPS) is 10.6. The monoisotopic (exact) mass is 389 g/mol. The molecule has 0 bridgehead atoms. The third-order valence-corrected chi connectivity index (χ3v) is 4.98. The van der Waals surface area contributed by atoms with Crippen molar-refractivity contribution in [3.8, 4) is 5.75 Å². The number of thiophene rings is 1. The number of nitrogens with one attached hydrogen (secondary N) is 2. The zero-order valence-corrected chi connectivity index (χ0v) is 16.2. The third-order valence-electron chi connectivity index (χ3n) is 3.65. The number of ether oxygens (including phenoxy) is 1. The summed E-state index contributed by atoms with van der Waals surface area (Å²) in [7, 11) is 1.56. The maximum absolute atomic E-state index is 12.1.